The Kier molecular flexibility index (Phi) is 14.4. The Morgan fingerprint density at radius 2 is 1.91 bits per heavy atom. The van der Waals surface area contributed by atoms with E-state index >= 15 is 0 Å². The minimum atomic E-state index is 0.582. The van der Waals surface area contributed by atoms with Crippen LogP contribution in [0.5, 0.6) is 0 Å². The maximum atomic E-state index is 9.51. The lowest BCUT2D eigenvalue weighted by Gasteiger charge is -1.92. The number of methoxy groups -OCH3 is 1. The third-order valence-electron chi connectivity index (χ3n) is 0.534. The van der Waals surface area contributed by atoms with E-state index in [2.05, 4.69) is 30.8 Å². The molecule has 0 spiro atoms. The highest BCUT2D eigenvalue weighted by molar-refractivity contribution is 5.45. The van der Waals surface area contributed by atoms with Crippen molar-refractivity contribution in [1.82, 2.24) is 5.32 Å². The molecular weight excluding hydrogens is 142 g/mol. The topological polar surface area (TPSA) is 38.3 Å². The lowest BCUT2D eigenvalue weighted by atomic mass is 10.3. The molecule has 68 valence electrons. The van der Waals surface area contributed by atoms with Gasteiger partial charge in [-0.25, -0.2) is 0 Å². The van der Waals surface area contributed by atoms with E-state index in [1.807, 2.05) is 0 Å². The van der Waals surface area contributed by atoms with Crippen molar-refractivity contribution in [2.45, 2.75) is 20.8 Å². The van der Waals surface area contributed by atoms with Crippen LogP contribution < -0.4 is 5.32 Å². The third kappa shape index (κ3) is 44.2. The largest absolute Gasteiger partial charge is 0.383 e. The van der Waals surface area contributed by atoms with Gasteiger partial charge < -0.3 is 10.1 Å². The average molecular weight is 161 g/mol. The molecule has 0 aliphatic rings. The van der Waals surface area contributed by atoms with Gasteiger partial charge in [-0.15, -0.1) is 0 Å². The van der Waals surface area contributed by atoms with Crippen LogP contribution in [0.25, 0.3) is 0 Å². The SMILES string of the molecule is CC(C)C.COCCNC=O. The quantitative estimate of drug-likeness (QED) is 0.494. The summed E-state index contributed by atoms with van der Waals surface area (Å²) >= 11 is 0. The normalized spacial score (nSPS) is 8.45. The van der Waals surface area contributed by atoms with Crippen molar-refractivity contribution in [1.29, 1.82) is 0 Å². The van der Waals surface area contributed by atoms with E-state index in [1.165, 1.54) is 0 Å². The lowest BCUT2D eigenvalue weighted by molar-refractivity contribution is -0.109. The molecular formula is C8H19NO2. The molecule has 0 aromatic rings. The minimum absolute atomic E-state index is 0.582. The first kappa shape index (κ1) is 13.1. The molecule has 11 heavy (non-hydrogen) atoms. The fourth-order valence-corrected chi connectivity index (χ4v) is 0.220. The second-order valence-electron chi connectivity index (χ2n) is 2.80. The molecule has 0 aromatic carbocycles. The van der Waals surface area contributed by atoms with Gasteiger partial charge in [-0.05, 0) is 5.92 Å². The molecule has 0 saturated heterocycles. The molecule has 3 heteroatoms. The number of ether oxygens (including phenoxy) is 1. The van der Waals surface area contributed by atoms with Gasteiger partial charge >= 0.3 is 0 Å². The van der Waals surface area contributed by atoms with Crippen LogP contribution in [0.1, 0.15) is 20.8 Å². The molecule has 0 unspecified atom stereocenters. The van der Waals surface area contributed by atoms with Crippen molar-refractivity contribution in [2.75, 3.05) is 20.3 Å². The highest BCUT2D eigenvalue weighted by Crippen LogP contribution is 1.81. The lowest BCUT2D eigenvalue weighted by Crippen LogP contribution is -2.16. The molecule has 0 aliphatic carbocycles. The van der Waals surface area contributed by atoms with Gasteiger partial charge in [-0.3, -0.25) is 4.79 Å². The Hall–Kier alpha value is -0.570. The summed E-state index contributed by atoms with van der Waals surface area (Å²) in [5.74, 6) is 0.833. The standard InChI is InChI=1S/C4H9NO2.C4H10/c1-7-3-2-5-4-6;1-4(2)3/h4H,2-3H2,1H3,(H,5,6);4H,1-3H3. The fraction of sp³-hybridized carbons (Fsp3) is 0.875. The van der Waals surface area contributed by atoms with E-state index in [9.17, 15) is 4.79 Å². The molecule has 0 bridgehead atoms. The Labute approximate surface area is 69.1 Å². The van der Waals surface area contributed by atoms with Crippen molar-refractivity contribution >= 4 is 6.41 Å². The number of hydrogen-bond acceptors (Lipinski definition) is 2. The predicted octanol–water partition coefficient (Wildman–Crippen LogP) is 1.04. The van der Waals surface area contributed by atoms with Crippen LogP contribution in [0, 0.1) is 5.92 Å². The zero-order valence-corrected chi connectivity index (χ0v) is 7.89. The molecule has 0 saturated carbocycles. The Bertz CT molecular complexity index is 71.7. The Morgan fingerprint density at radius 1 is 1.45 bits per heavy atom. The number of amides is 1. The highest BCUT2D eigenvalue weighted by Gasteiger charge is 1.75. The van der Waals surface area contributed by atoms with E-state index in [0.717, 1.165) is 5.92 Å². The van der Waals surface area contributed by atoms with E-state index in [0.29, 0.717) is 19.6 Å². The van der Waals surface area contributed by atoms with Gasteiger partial charge in [-0.1, -0.05) is 20.8 Å². The van der Waals surface area contributed by atoms with Crippen molar-refractivity contribution in [2.24, 2.45) is 5.92 Å². The van der Waals surface area contributed by atoms with Crippen LogP contribution >= 0.6 is 0 Å². The van der Waals surface area contributed by atoms with Gasteiger partial charge in [0.2, 0.25) is 6.41 Å². The second kappa shape index (κ2) is 12.1. The fourth-order valence-electron chi connectivity index (χ4n) is 0.220. The summed E-state index contributed by atoms with van der Waals surface area (Å²) in [6.45, 7) is 7.68. The van der Waals surface area contributed by atoms with Crippen LogP contribution in [-0.2, 0) is 9.53 Å². The molecule has 0 aromatic heterocycles. The average Bonchev–Trinajstić information content (AvgIpc) is 1.88. The zero-order valence-electron chi connectivity index (χ0n) is 7.89. The smallest absolute Gasteiger partial charge is 0.207 e. The second-order valence-corrected chi connectivity index (χ2v) is 2.80. The molecule has 0 atom stereocenters. The number of hydrogen-bond donors (Lipinski definition) is 1. The van der Waals surface area contributed by atoms with E-state index in [4.69, 9.17) is 0 Å². The van der Waals surface area contributed by atoms with Crippen LogP contribution in [0.4, 0.5) is 0 Å². The summed E-state index contributed by atoms with van der Waals surface area (Å²) in [5.41, 5.74) is 0. The highest BCUT2D eigenvalue weighted by atomic mass is 16.5. The summed E-state index contributed by atoms with van der Waals surface area (Å²) in [6, 6.07) is 0. The molecule has 1 amide bonds. The maximum absolute atomic E-state index is 9.51. The maximum Gasteiger partial charge on any atom is 0.207 e. The van der Waals surface area contributed by atoms with Crippen LogP contribution in [0.2, 0.25) is 0 Å². The first-order chi connectivity index (χ1) is 5.15. The Balaban J connectivity index is 0. The molecule has 0 aliphatic heterocycles. The third-order valence-corrected chi connectivity index (χ3v) is 0.534. The summed E-state index contributed by atoms with van der Waals surface area (Å²) in [6.07, 6.45) is 0.652. The van der Waals surface area contributed by atoms with E-state index in [-0.39, 0.29) is 0 Å². The van der Waals surface area contributed by atoms with Crippen molar-refractivity contribution in [3.05, 3.63) is 0 Å². The molecule has 0 rings (SSSR count). The zero-order chi connectivity index (χ0) is 9.11. The van der Waals surface area contributed by atoms with Gasteiger partial charge in [0.15, 0.2) is 0 Å². The molecule has 3 nitrogen and oxygen atoms in total. The molecule has 1 N–H and O–H groups in total. The van der Waals surface area contributed by atoms with E-state index < -0.39 is 0 Å². The van der Waals surface area contributed by atoms with Gasteiger partial charge in [-0.2, -0.15) is 0 Å². The number of carbonyl (C=O) groups excluding carboxylic acids is 1. The monoisotopic (exact) mass is 161 g/mol. The first-order valence-electron chi connectivity index (χ1n) is 3.81. The molecule has 0 heterocycles. The van der Waals surface area contributed by atoms with Crippen molar-refractivity contribution < 1.29 is 9.53 Å². The number of nitrogens with one attached hydrogen (secondary N) is 1. The van der Waals surface area contributed by atoms with Gasteiger partial charge in [0.1, 0.15) is 0 Å². The Morgan fingerprint density at radius 3 is 2.18 bits per heavy atom. The summed E-state index contributed by atoms with van der Waals surface area (Å²) < 4.78 is 4.62. The summed E-state index contributed by atoms with van der Waals surface area (Å²) in [5, 5.41) is 2.44. The first-order valence-corrected chi connectivity index (χ1v) is 3.81. The van der Waals surface area contributed by atoms with Crippen molar-refractivity contribution in [3.63, 3.8) is 0 Å². The summed E-state index contributed by atoms with van der Waals surface area (Å²) in [4.78, 5) is 9.51. The number of carbonyl (C=O) groups is 1. The van der Waals surface area contributed by atoms with Crippen LogP contribution in [0.15, 0.2) is 0 Å². The van der Waals surface area contributed by atoms with Gasteiger partial charge in [0.05, 0.1) is 6.61 Å². The predicted molar refractivity (Wildman–Crippen MR) is 46.5 cm³/mol. The van der Waals surface area contributed by atoms with E-state index in [1.54, 1.807) is 7.11 Å². The van der Waals surface area contributed by atoms with Crippen LogP contribution in [0.3, 0.4) is 0 Å². The van der Waals surface area contributed by atoms with Gasteiger partial charge in [0, 0.05) is 13.7 Å². The minimum Gasteiger partial charge on any atom is -0.383 e. The van der Waals surface area contributed by atoms with Gasteiger partial charge in [0.25, 0.3) is 0 Å². The number of rotatable bonds is 4. The summed E-state index contributed by atoms with van der Waals surface area (Å²) in [7, 11) is 1.59. The van der Waals surface area contributed by atoms with Crippen LogP contribution in [-0.4, -0.2) is 26.7 Å². The molecule has 0 radical (unpaired) electrons. The van der Waals surface area contributed by atoms with Crippen molar-refractivity contribution in [3.8, 4) is 0 Å². The molecule has 0 fully saturated rings.